The average Bonchev–Trinajstić information content (AvgIpc) is 1.78. The lowest BCUT2D eigenvalue weighted by atomic mass is 9.89. The lowest BCUT2D eigenvalue weighted by molar-refractivity contribution is -0.271. The predicted molar refractivity (Wildman–Crippen MR) is 455 cm³/mol. The largest absolute Gasteiger partial charge is 0.479 e. The van der Waals surface area contributed by atoms with Crippen LogP contribution in [-0.2, 0) is 106 Å². The van der Waals surface area contributed by atoms with E-state index in [0.29, 0.717) is 43.6 Å². The van der Waals surface area contributed by atoms with Gasteiger partial charge in [0.25, 0.3) is 10.1 Å². The van der Waals surface area contributed by atoms with Crippen molar-refractivity contribution < 1.29 is 124 Å². The molecule has 6 rings (SSSR count). The maximum Gasteiger partial charge on any atom is 0.410 e. The number of fused-ring (bicyclic) bond motifs is 1. The number of aliphatic hydroxyl groups is 4. The first-order valence-electron chi connectivity index (χ1n) is 42.0. The zero-order valence-corrected chi connectivity index (χ0v) is 75.1. The van der Waals surface area contributed by atoms with E-state index >= 15 is 0 Å². The van der Waals surface area contributed by atoms with Crippen molar-refractivity contribution in [1.82, 2.24) is 66.6 Å². The number of methoxy groups -OCH3 is 2. The first-order valence-corrected chi connectivity index (χ1v) is 43.6. The minimum Gasteiger partial charge on any atom is -0.479 e. The number of carboxylic acid groups (broad SMARTS) is 1. The molecule has 18 atom stereocenters. The number of aryl methyl sites for hydroxylation is 1. The summed E-state index contributed by atoms with van der Waals surface area (Å²) in [5.74, 6) is -11.6. The number of rotatable bonds is 50. The van der Waals surface area contributed by atoms with Crippen LogP contribution < -0.4 is 47.4 Å². The van der Waals surface area contributed by atoms with E-state index in [2.05, 4.69) is 47.6 Å². The minimum atomic E-state index is -4.73. The molecule has 0 bridgehead atoms. The third-order valence-corrected chi connectivity index (χ3v) is 23.1. The second kappa shape index (κ2) is 49.5. The van der Waals surface area contributed by atoms with E-state index in [-0.39, 0.29) is 93.5 Å². The summed E-state index contributed by atoms with van der Waals surface area (Å²) in [5.41, 5.74) is 5.02. The Balaban J connectivity index is 1.03. The Bertz CT molecular complexity index is 4360. The standard InChI is InChI=1S/C84H130N14O26S/c1-18-49(8)68(61(118-16)42-64(101)98-34-23-27-59(98)73(119-17)50(9)76(106)88-51(10)69(102)54-24-20-19-21-25-54)95(14)81(111)66(47(4)5)93-80(110)67(48(6)7)96(15)84(114)122-44-53-28-29-57(60(40-53)123-83-72(105)70(103)71(104)74(124-83)82(112)113)91-77(107)52(11)89-79(109)65(46(2)3)92-63(100)31-36-120-38-39-121-37-33-87-78(108)58(45-125(115,116)117)90-62(99)30-35-97-56(43-94(13)85-12)41-55-26-22-32-86-75(55)97/h19-22,24-26,28-29,32,40-41,46-52,58-59,61,65-74,83,85,102-105H,18,23,27,30-31,33-39,42-45H2,1-17H3,(H,87,108)(H,88,106)(H,89,109)(H,90,99)(H,91,107)(H,92,100)(H,93,110)(H,112,113)(H,115,116,117)/t49-,50+,51+,52-,58-,59-,61?,65-,66-,67-,68-,69+,70-,71-,72+,73+,74-,83+/m0/s1. The number of carboxylic acids is 1. The highest BCUT2D eigenvalue weighted by Crippen LogP contribution is 2.34. The van der Waals surface area contributed by atoms with Gasteiger partial charge in [0.15, 0.2) is 6.10 Å². The number of nitrogens with one attached hydrogen (secondary N) is 8. The van der Waals surface area contributed by atoms with Crippen molar-refractivity contribution in [1.29, 1.82) is 0 Å². The molecule has 41 heteroatoms. The second-order valence-corrected chi connectivity index (χ2v) is 34.2. The van der Waals surface area contributed by atoms with Crippen LogP contribution >= 0.6 is 0 Å². The van der Waals surface area contributed by atoms with E-state index in [1.807, 2.05) is 48.7 Å². The zero-order chi connectivity index (χ0) is 93.0. The van der Waals surface area contributed by atoms with Crippen LogP contribution in [0.25, 0.3) is 11.0 Å². The molecule has 2 aromatic carbocycles. The number of likely N-dealkylation sites (tertiary alicyclic amines) is 1. The summed E-state index contributed by atoms with van der Waals surface area (Å²) in [7, 11) is 4.69. The lowest BCUT2D eigenvalue weighted by Gasteiger charge is -2.41. The monoisotopic (exact) mass is 1780 g/mol. The topological polar surface area (TPSA) is 535 Å². The van der Waals surface area contributed by atoms with Crippen molar-refractivity contribution in [3.05, 3.63) is 89.7 Å². The van der Waals surface area contributed by atoms with Gasteiger partial charge in [-0.3, -0.25) is 58.0 Å². The number of hydrogen-bond donors (Lipinski definition) is 14. The van der Waals surface area contributed by atoms with Crippen LogP contribution in [0.15, 0.2) is 72.9 Å². The number of ether oxygens (including phenoxy) is 7. The summed E-state index contributed by atoms with van der Waals surface area (Å²) < 4.78 is 75.5. The molecule has 2 fully saturated rings. The van der Waals surface area contributed by atoms with Gasteiger partial charge in [-0.15, -0.1) is 0 Å². The van der Waals surface area contributed by atoms with E-state index in [9.17, 15) is 91.2 Å². The van der Waals surface area contributed by atoms with Crippen molar-refractivity contribution in [3.8, 4) is 5.75 Å². The van der Waals surface area contributed by atoms with Crippen molar-refractivity contribution in [3.63, 3.8) is 0 Å². The van der Waals surface area contributed by atoms with Crippen molar-refractivity contribution in [2.75, 3.05) is 93.0 Å². The fourth-order valence-corrected chi connectivity index (χ4v) is 15.7. The van der Waals surface area contributed by atoms with Gasteiger partial charge in [-0.2, -0.15) is 8.42 Å². The molecule has 2 aliphatic heterocycles. The Labute approximate surface area is 729 Å². The molecule has 14 N–H and O–H groups in total. The first-order chi connectivity index (χ1) is 59.0. The van der Waals surface area contributed by atoms with Crippen LogP contribution in [0, 0.1) is 29.6 Å². The third-order valence-electron chi connectivity index (χ3n) is 22.3. The number of carbonyl (C=O) groups excluding carboxylic acids is 10. The Kier molecular flexibility index (Phi) is 41.2. The number of aromatic nitrogens is 2. The number of amides is 10. The molecule has 125 heavy (non-hydrogen) atoms. The molecule has 2 saturated heterocycles. The number of hydrazine groups is 1. The van der Waals surface area contributed by atoms with Gasteiger partial charge in [-0.25, -0.2) is 19.6 Å². The lowest BCUT2D eigenvalue weighted by Crippen LogP contribution is -2.61. The summed E-state index contributed by atoms with van der Waals surface area (Å²) >= 11 is 0. The first kappa shape index (κ1) is 104. The number of benzene rings is 2. The summed E-state index contributed by atoms with van der Waals surface area (Å²) in [4.78, 5) is 160. The quantitative estimate of drug-likeness (QED) is 0.0169. The number of aliphatic hydroxyl groups excluding tert-OH is 4. The van der Waals surface area contributed by atoms with Gasteiger partial charge in [0, 0.05) is 85.1 Å². The number of pyridine rings is 1. The smallest absolute Gasteiger partial charge is 0.410 e. The van der Waals surface area contributed by atoms with E-state index in [1.165, 1.54) is 51.3 Å². The van der Waals surface area contributed by atoms with E-state index in [0.717, 1.165) is 16.0 Å². The highest BCUT2D eigenvalue weighted by Gasteiger charge is 2.49. The molecule has 1 unspecified atom stereocenters. The molecule has 4 heterocycles. The minimum absolute atomic E-state index is 0.0209. The molecule has 0 aliphatic carbocycles. The second-order valence-electron chi connectivity index (χ2n) is 32.7. The van der Waals surface area contributed by atoms with E-state index in [4.69, 9.17) is 33.2 Å². The predicted octanol–water partition coefficient (Wildman–Crippen LogP) is 1.35. The number of hydrogen-bond acceptors (Lipinski definition) is 27. The molecule has 698 valence electrons. The SMILES string of the molecule is CC[C@H](C)[C@@H](C(CC(=O)N1CCC[C@H]1[C@H](OC)[C@@H](C)C(=O)N[C@H](C)[C@@H](O)c1ccccc1)OC)N(C)C(=O)[C@@H](NC(=O)[C@H](C(C)C)N(C)C(=O)OCc1ccc(NC(=O)[C@H](C)NC(=O)[C@@H](NC(=O)CCOCCOCCNC(=O)[C@H](CS(=O)(=O)O)NC(=O)CCn2c(CN(C)NC)cc3cccnc32)C(C)C)c(O[C@@H]2O[C@H](C(=O)O)[C@@H](O)[C@H](O)[C@H]2O)c1)C(C)C. The highest BCUT2D eigenvalue weighted by atomic mass is 32.2. The molecule has 4 aromatic rings. The molecule has 2 aromatic heterocycles. The Morgan fingerprint density at radius 1 is 0.704 bits per heavy atom. The summed E-state index contributed by atoms with van der Waals surface area (Å²) in [6.45, 7) is 18.7. The molecular weight excluding hydrogens is 1650 g/mol. The van der Waals surface area contributed by atoms with Gasteiger partial charge in [0.1, 0.15) is 72.3 Å². The van der Waals surface area contributed by atoms with Crippen molar-refractivity contribution >= 4 is 92.1 Å². The molecule has 0 spiro atoms. The number of nitrogens with zero attached hydrogens (tertiary/aromatic N) is 6. The van der Waals surface area contributed by atoms with E-state index in [1.54, 1.807) is 111 Å². The molecule has 40 nitrogen and oxygen atoms in total. The third kappa shape index (κ3) is 30.0. The fraction of sp³-hybridized carbons (Fsp3) is 0.643. The molecule has 10 amide bonds. The van der Waals surface area contributed by atoms with Crippen LogP contribution in [0.2, 0.25) is 0 Å². The maximum atomic E-state index is 15.0. The fourth-order valence-electron chi connectivity index (χ4n) is 15.0. The van der Waals surface area contributed by atoms with Gasteiger partial charge in [0.2, 0.25) is 59.5 Å². The number of anilines is 1. The molecule has 0 saturated carbocycles. The van der Waals surface area contributed by atoms with Crippen LogP contribution in [0.1, 0.15) is 138 Å². The molecule has 0 radical (unpaired) electrons. The molecule has 2 aliphatic rings. The summed E-state index contributed by atoms with van der Waals surface area (Å²) in [6, 6.07) is 9.88. The average molecular weight is 1780 g/mol. The van der Waals surface area contributed by atoms with Crippen molar-refractivity contribution in [2.45, 2.75) is 232 Å². The van der Waals surface area contributed by atoms with Gasteiger partial charge in [0.05, 0.1) is 87.4 Å². The molecular formula is C84H130N14O26S. The number of likely N-dealkylation sites (N-methyl/N-ethyl adjacent to an activating group) is 2. The normalized spacial score (nSPS) is 19.6. The van der Waals surface area contributed by atoms with Crippen LogP contribution in [-0.4, -0.2) is 312 Å². The Morgan fingerprint density at radius 2 is 1.37 bits per heavy atom. The van der Waals surface area contributed by atoms with Gasteiger partial charge in [-0.1, -0.05) is 105 Å². The van der Waals surface area contributed by atoms with Crippen LogP contribution in [0.3, 0.4) is 0 Å². The van der Waals surface area contributed by atoms with Gasteiger partial charge < -0.3 is 110 Å². The van der Waals surface area contributed by atoms with Gasteiger partial charge >= 0.3 is 12.1 Å². The highest BCUT2D eigenvalue weighted by molar-refractivity contribution is 7.85. The van der Waals surface area contributed by atoms with Crippen LogP contribution in [0.5, 0.6) is 5.75 Å². The zero-order valence-electron chi connectivity index (χ0n) is 74.3. The number of aliphatic carboxylic acids is 1. The van der Waals surface area contributed by atoms with Crippen molar-refractivity contribution in [2.24, 2.45) is 29.6 Å². The van der Waals surface area contributed by atoms with E-state index < -0.39 is 197 Å². The Hall–Kier alpha value is -9.63. The maximum absolute atomic E-state index is 15.0. The summed E-state index contributed by atoms with van der Waals surface area (Å²) in [6.07, 6.45) is -11.3. The van der Waals surface area contributed by atoms with Gasteiger partial charge in [-0.05, 0) is 98.9 Å². The Morgan fingerprint density at radius 3 is 1.98 bits per heavy atom. The number of carbonyl (C=O) groups is 11. The summed E-state index contributed by atoms with van der Waals surface area (Å²) in [5, 5.41) is 74.2. The van der Waals surface area contributed by atoms with Crippen LogP contribution in [0.4, 0.5) is 10.5 Å².